The van der Waals surface area contributed by atoms with Crippen LogP contribution in [0.4, 0.5) is 0 Å². The lowest BCUT2D eigenvalue weighted by Gasteiger charge is -2.24. The Hall–Kier alpha value is -1.01. The van der Waals surface area contributed by atoms with Crippen LogP contribution in [0.3, 0.4) is 0 Å². The molecular formula is C11H12BrNO. The van der Waals surface area contributed by atoms with Crippen LogP contribution in [0.2, 0.25) is 0 Å². The quantitative estimate of drug-likeness (QED) is 0.826. The van der Waals surface area contributed by atoms with Gasteiger partial charge in [-0.3, -0.25) is 0 Å². The van der Waals surface area contributed by atoms with Crippen LogP contribution in [0, 0.1) is 11.3 Å². The third-order valence-corrected chi connectivity index (χ3v) is 2.38. The van der Waals surface area contributed by atoms with Crippen LogP contribution < -0.4 is 4.74 Å². The maximum Gasteiger partial charge on any atom is 0.134 e. The molecule has 74 valence electrons. The first kappa shape index (κ1) is 11.1. The van der Waals surface area contributed by atoms with Gasteiger partial charge in [0.2, 0.25) is 0 Å². The van der Waals surface area contributed by atoms with Gasteiger partial charge < -0.3 is 4.74 Å². The van der Waals surface area contributed by atoms with Crippen LogP contribution in [-0.2, 0) is 0 Å². The summed E-state index contributed by atoms with van der Waals surface area (Å²) in [5.41, 5.74) is -0.446. The van der Waals surface area contributed by atoms with Crippen molar-refractivity contribution >= 4 is 15.9 Å². The zero-order chi connectivity index (χ0) is 10.6. The van der Waals surface area contributed by atoms with Gasteiger partial charge in [0, 0.05) is 0 Å². The summed E-state index contributed by atoms with van der Waals surface area (Å²) in [5, 5.41) is 8.61. The molecule has 0 aliphatic carbocycles. The van der Waals surface area contributed by atoms with Crippen LogP contribution in [0.15, 0.2) is 28.7 Å². The lowest BCUT2D eigenvalue weighted by molar-refractivity contribution is 0.114. The first-order chi connectivity index (χ1) is 6.55. The molecule has 0 atom stereocenters. The molecule has 0 bridgehead atoms. The number of benzene rings is 1. The number of nitrogens with zero attached hydrogens (tertiary/aromatic N) is 1. The summed E-state index contributed by atoms with van der Waals surface area (Å²) in [7, 11) is 0. The molecule has 0 fully saturated rings. The van der Waals surface area contributed by atoms with E-state index >= 15 is 0 Å². The molecule has 0 aliphatic heterocycles. The molecule has 0 amide bonds. The predicted molar refractivity (Wildman–Crippen MR) is 59.1 cm³/mol. The van der Waals surface area contributed by atoms with Gasteiger partial charge in [-0.2, -0.15) is 5.26 Å². The molecule has 1 aromatic carbocycles. The van der Waals surface area contributed by atoms with Crippen LogP contribution in [-0.4, -0.2) is 5.60 Å². The Bertz CT molecular complexity index is 355. The number of para-hydroxylation sites is 1. The van der Waals surface area contributed by atoms with Gasteiger partial charge in [-0.05, 0) is 41.9 Å². The number of hydrogen-bond acceptors (Lipinski definition) is 2. The molecule has 1 rings (SSSR count). The van der Waals surface area contributed by atoms with Crippen LogP contribution >= 0.6 is 15.9 Å². The van der Waals surface area contributed by atoms with Gasteiger partial charge in [-0.1, -0.05) is 12.1 Å². The zero-order valence-electron chi connectivity index (χ0n) is 8.25. The van der Waals surface area contributed by atoms with Crippen molar-refractivity contribution in [3.05, 3.63) is 28.7 Å². The third kappa shape index (κ3) is 3.04. The van der Waals surface area contributed by atoms with E-state index in [1.54, 1.807) is 0 Å². The Morgan fingerprint density at radius 1 is 1.43 bits per heavy atom. The normalized spacial score (nSPS) is 10.7. The highest BCUT2D eigenvalue weighted by atomic mass is 79.9. The maximum atomic E-state index is 8.61. The third-order valence-electron chi connectivity index (χ3n) is 1.73. The Labute approximate surface area is 92.6 Å². The molecule has 0 radical (unpaired) electrons. The fourth-order valence-corrected chi connectivity index (χ4v) is 1.42. The summed E-state index contributed by atoms with van der Waals surface area (Å²) < 4.78 is 6.61. The molecule has 1 aromatic rings. The predicted octanol–water partition coefficient (Wildman–Crippen LogP) is 3.52. The highest BCUT2D eigenvalue weighted by Crippen LogP contribution is 2.28. The van der Waals surface area contributed by atoms with Crippen molar-refractivity contribution < 1.29 is 4.74 Å². The van der Waals surface area contributed by atoms with E-state index < -0.39 is 5.60 Å². The number of hydrogen-bond donors (Lipinski definition) is 0. The minimum Gasteiger partial charge on any atom is -0.486 e. The second kappa shape index (κ2) is 4.47. The van der Waals surface area contributed by atoms with Gasteiger partial charge in [0.05, 0.1) is 17.0 Å². The molecule has 0 spiro atoms. The molecule has 0 saturated heterocycles. The second-order valence-electron chi connectivity index (χ2n) is 3.63. The molecule has 0 unspecified atom stereocenters. The van der Waals surface area contributed by atoms with Crippen LogP contribution in [0.5, 0.6) is 5.75 Å². The first-order valence-electron chi connectivity index (χ1n) is 4.36. The SMILES string of the molecule is CC(C)(CC#N)Oc1ccccc1Br. The van der Waals surface area contributed by atoms with E-state index in [4.69, 9.17) is 10.00 Å². The van der Waals surface area contributed by atoms with E-state index in [1.807, 2.05) is 38.1 Å². The topological polar surface area (TPSA) is 33.0 Å². The summed E-state index contributed by atoms with van der Waals surface area (Å²) in [6.45, 7) is 3.80. The van der Waals surface area contributed by atoms with Gasteiger partial charge in [-0.25, -0.2) is 0 Å². The summed E-state index contributed by atoms with van der Waals surface area (Å²) in [5.74, 6) is 0.771. The van der Waals surface area contributed by atoms with E-state index in [2.05, 4.69) is 22.0 Å². The van der Waals surface area contributed by atoms with Crippen LogP contribution in [0.1, 0.15) is 20.3 Å². The standard InChI is InChI=1S/C11H12BrNO/c1-11(2,7-8-13)14-10-6-4-3-5-9(10)12/h3-6H,7H2,1-2H3. The fourth-order valence-electron chi connectivity index (χ4n) is 1.05. The molecule has 0 heterocycles. The lowest BCUT2D eigenvalue weighted by atomic mass is 10.1. The van der Waals surface area contributed by atoms with Crippen molar-refractivity contribution in [2.75, 3.05) is 0 Å². The van der Waals surface area contributed by atoms with Crippen molar-refractivity contribution in [3.8, 4) is 11.8 Å². The number of rotatable bonds is 3. The molecule has 0 N–H and O–H groups in total. The molecule has 0 aliphatic rings. The van der Waals surface area contributed by atoms with Crippen molar-refractivity contribution in [1.29, 1.82) is 5.26 Å². The second-order valence-corrected chi connectivity index (χ2v) is 4.48. The van der Waals surface area contributed by atoms with Crippen molar-refractivity contribution in [2.45, 2.75) is 25.9 Å². The molecule has 14 heavy (non-hydrogen) atoms. The molecule has 2 nitrogen and oxygen atoms in total. The number of nitriles is 1. The highest BCUT2D eigenvalue weighted by Gasteiger charge is 2.20. The Morgan fingerprint density at radius 2 is 2.07 bits per heavy atom. The molecule has 3 heteroatoms. The van der Waals surface area contributed by atoms with Crippen molar-refractivity contribution in [2.24, 2.45) is 0 Å². The minimum atomic E-state index is -0.446. The summed E-state index contributed by atoms with van der Waals surface area (Å²) in [4.78, 5) is 0. The van der Waals surface area contributed by atoms with Gasteiger partial charge in [-0.15, -0.1) is 0 Å². The summed E-state index contributed by atoms with van der Waals surface area (Å²) in [6, 6.07) is 9.73. The zero-order valence-corrected chi connectivity index (χ0v) is 9.84. The highest BCUT2D eigenvalue weighted by molar-refractivity contribution is 9.10. The summed E-state index contributed by atoms with van der Waals surface area (Å²) >= 11 is 3.39. The van der Waals surface area contributed by atoms with Gasteiger partial charge >= 0.3 is 0 Å². The Balaban J connectivity index is 2.79. The first-order valence-corrected chi connectivity index (χ1v) is 5.15. The lowest BCUT2D eigenvalue weighted by Crippen LogP contribution is -2.27. The smallest absolute Gasteiger partial charge is 0.134 e. The van der Waals surface area contributed by atoms with E-state index in [-0.39, 0.29) is 0 Å². The van der Waals surface area contributed by atoms with Gasteiger partial charge in [0.1, 0.15) is 11.4 Å². The number of ether oxygens (including phenoxy) is 1. The van der Waals surface area contributed by atoms with E-state index in [0.29, 0.717) is 6.42 Å². The van der Waals surface area contributed by atoms with Crippen molar-refractivity contribution in [3.63, 3.8) is 0 Å². The molecule has 0 aromatic heterocycles. The summed E-state index contributed by atoms with van der Waals surface area (Å²) in [6.07, 6.45) is 0.369. The van der Waals surface area contributed by atoms with Crippen LogP contribution in [0.25, 0.3) is 0 Å². The fraction of sp³-hybridized carbons (Fsp3) is 0.364. The average Bonchev–Trinajstić information content (AvgIpc) is 2.08. The number of halogens is 1. The van der Waals surface area contributed by atoms with E-state index in [9.17, 15) is 0 Å². The van der Waals surface area contributed by atoms with E-state index in [1.165, 1.54) is 0 Å². The Kier molecular flexibility index (Phi) is 3.54. The minimum absolute atomic E-state index is 0.369. The monoisotopic (exact) mass is 253 g/mol. The largest absolute Gasteiger partial charge is 0.486 e. The van der Waals surface area contributed by atoms with E-state index in [0.717, 1.165) is 10.2 Å². The van der Waals surface area contributed by atoms with Gasteiger partial charge in [0.15, 0.2) is 0 Å². The maximum absolute atomic E-state index is 8.61. The molecular weight excluding hydrogens is 242 g/mol. The van der Waals surface area contributed by atoms with Crippen molar-refractivity contribution in [1.82, 2.24) is 0 Å². The molecule has 0 saturated carbocycles. The average molecular weight is 254 g/mol. The van der Waals surface area contributed by atoms with Gasteiger partial charge in [0.25, 0.3) is 0 Å². The Morgan fingerprint density at radius 3 is 2.64 bits per heavy atom.